The van der Waals surface area contributed by atoms with E-state index in [0.717, 1.165) is 10.1 Å². The zero-order valence-corrected chi connectivity index (χ0v) is 16.8. The largest absolute Gasteiger partial charge is 0.334 e. The summed E-state index contributed by atoms with van der Waals surface area (Å²) in [5.41, 5.74) is 0.541. The van der Waals surface area contributed by atoms with Crippen LogP contribution in [0.3, 0.4) is 0 Å². The molecule has 0 unspecified atom stereocenters. The van der Waals surface area contributed by atoms with Gasteiger partial charge in [0.2, 0.25) is 0 Å². The van der Waals surface area contributed by atoms with Crippen LogP contribution in [-0.4, -0.2) is 57.6 Å². The highest BCUT2D eigenvalue weighted by Crippen LogP contribution is 2.37. The summed E-state index contributed by atoms with van der Waals surface area (Å²) in [4.78, 5) is 29.5. The quantitative estimate of drug-likeness (QED) is 0.634. The number of rotatable bonds is 2. The van der Waals surface area contributed by atoms with Crippen molar-refractivity contribution in [1.29, 1.82) is 0 Å². The molecule has 6 nitrogen and oxygen atoms in total. The number of thiophene rings is 1. The zero-order chi connectivity index (χ0) is 19.1. The first-order valence-corrected chi connectivity index (χ1v) is 9.97. The SMILES string of the molecule is Cn1nccc1C(=O)N1CCN(C(=O)c2sc3cc(Cl)ccc3c2Cl)CC1. The lowest BCUT2D eigenvalue weighted by Gasteiger charge is -2.34. The van der Waals surface area contributed by atoms with Gasteiger partial charge in [-0.05, 0) is 18.2 Å². The van der Waals surface area contributed by atoms with Gasteiger partial charge in [-0.2, -0.15) is 5.10 Å². The van der Waals surface area contributed by atoms with Crippen LogP contribution in [-0.2, 0) is 7.05 Å². The molecule has 1 aromatic carbocycles. The summed E-state index contributed by atoms with van der Waals surface area (Å²) in [6, 6.07) is 7.11. The lowest BCUT2D eigenvalue weighted by Crippen LogP contribution is -2.50. The fourth-order valence-corrected chi connectivity index (χ4v) is 4.93. The number of carbonyl (C=O) groups excluding carboxylic acids is 2. The minimum absolute atomic E-state index is 0.0726. The Kier molecular flexibility index (Phi) is 4.84. The molecule has 0 aliphatic carbocycles. The number of amides is 2. The Balaban J connectivity index is 1.48. The standard InChI is InChI=1S/C18H16Cl2N4O2S/c1-22-13(4-5-21-22)17(25)23-6-8-24(9-7-23)18(26)16-15(20)12-3-2-11(19)10-14(12)27-16/h2-5,10H,6-9H2,1H3. The fraction of sp³-hybridized carbons (Fsp3) is 0.278. The molecule has 0 atom stereocenters. The third-order valence-corrected chi connectivity index (χ3v) is 6.56. The smallest absolute Gasteiger partial charge is 0.272 e. The van der Waals surface area contributed by atoms with E-state index in [1.165, 1.54) is 11.3 Å². The van der Waals surface area contributed by atoms with Crippen LogP contribution < -0.4 is 0 Å². The van der Waals surface area contributed by atoms with E-state index in [9.17, 15) is 9.59 Å². The van der Waals surface area contributed by atoms with Gasteiger partial charge in [-0.25, -0.2) is 0 Å². The van der Waals surface area contributed by atoms with Gasteiger partial charge in [0, 0.05) is 54.5 Å². The van der Waals surface area contributed by atoms with Crippen molar-refractivity contribution in [3.63, 3.8) is 0 Å². The summed E-state index contributed by atoms with van der Waals surface area (Å²) < 4.78 is 2.45. The number of benzene rings is 1. The number of carbonyl (C=O) groups is 2. The molecule has 0 N–H and O–H groups in total. The average molecular weight is 423 g/mol. The van der Waals surface area contributed by atoms with Crippen LogP contribution in [0.15, 0.2) is 30.5 Å². The predicted octanol–water partition coefficient (Wildman–Crippen LogP) is 3.54. The van der Waals surface area contributed by atoms with E-state index in [0.29, 0.717) is 46.8 Å². The van der Waals surface area contributed by atoms with Crippen LogP contribution in [0, 0.1) is 0 Å². The van der Waals surface area contributed by atoms with E-state index in [2.05, 4.69) is 5.10 Å². The van der Waals surface area contributed by atoms with Crippen LogP contribution in [0.5, 0.6) is 0 Å². The molecule has 0 saturated carbocycles. The molecular formula is C18H16Cl2N4O2S. The molecule has 3 heterocycles. The normalized spacial score (nSPS) is 14.8. The maximum atomic E-state index is 12.9. The van der Waals surface area contributed by atoms with E-state index >= 15 is 0 Å². The molecule has 9 heteroatoms. The Hall–Kier alpha value is -2.09. The highest BCUT2D eigenvalue weighted by atomic mass is 35.5. The summed E-state index contributed by atoms with van der Waals surface area (Å²) in [5.74, 6) is -0.179. The number of fused-ring (bicyclic) bond motifs is 1. The van der Waals surface area contributed by atoms with Crippen LogP contribution >= 0.6 is 34.5 Å². The summed E-state index contributed by atoms with van der Waals surface area (Å²) in [7, 11) is 1.74. The second-order valence-electron chi connectivity index (χ2n) is 6.31. The number of halogens is 2. The lowest BCUT2D eigenvalue weighted by atomic mass is 10.2. The minimum Gasteiger partial charge on any atom is -0.334 e. The zero-order valence-electron chi connectivity index (χ0n) is 14.5. The number of nitrogens with zero attached hydrogens (tertiary/aromatic N) is 4. The summed E-state index contributed by atoms with van der Waals surface area (Å²) in [6.45, 7) is 1.88. The fourth-order valence-electron chi connectivity index (χ4n) is 3.18. The molecule has 4 rings (SSSR count). The maximum Gasteiger partial charge on any atom is 0.272 e. The van der Waals surface area contributed by atoms with Gasteiger partial charge in [-0.1, -0.05) is 29.3 Å². The third kappa shape index (κ3) is 3.31. The van der Waals surface area contributed by atoms with Gasteiger partial charge in [-0.15, -0.1) is 11.3 Å². The molecule has 0 bridgehead atoms. The molecule has 1 saturated heterocycles. The first-order chi connectivity index (χ1) is 13.0. The van der Waals surface area contributed by atoms with Gasteiger partial charge in [-0.3, -0.25) is 14.3 Å². The first kappa shape index (κ1) is 18.3. The summed E-state index contributed by atoms with van der Waals surface area (Å²) in [6.07, 6.45) is 1.60. The van der Waals surface area contributed by atoms with Crippen molar-refractivity contribution in [2.45, 2.75) is 0 Å². The Labute approximate surface area is 169 Å². The molecule has 27 heavy (non-hydrogen) atoms. The Morgan fingerprint density at radius 3 is 2.33 bits per heavy atom. The Bertz CT molecular complexity index is 1040. The summed E-state index contributed by atoms with van der Waals surface area (Å²) >= 11 is 13.8. The van der Waals surface area contributed by atoms with Crippen molar-refractivity contribution >= 4 is 56.4 Å². The molecule has 1 aliphatic heterocycles. The molecule has 1 fully saturated rings. The maximum absolute atomic E-state index is 12.9. The molecule has 0 spiro atoms. The number of hydrogen-bond donors (Lipinski definition) is 0. The van der Waals surface area contributed by atoms with Crippen LogP contribution in [0.4, 0.5) is 0 Å². The van der Waals surface area contributed by atoms with Crippen molar-refractivity contribution in [3.05, 3.63) is 51.1 Å². The number of hydrogen-bond acceptors (Lipinski definition) is 4. The Morgan fingerprint density at radius 2 is 1.70 bits per heavy atom. The molecule has 1 aliphatic rings. The Morgan fingerprint density at radius 1 is 1.04 bits per heavy atom. The highest BCUT2D eigenvalue weighted by Gasteiger charge is 2.29. The van der Waals surface area contributed by atoms with Crippen molar-refractivity contribution < 1.29 is 9.59 Å². The second kappa shape index (κ2) is 7.14. The number of aryl methyl sites for hydroxylation is 1. The van der Waals surface area contributed by atoms with Gasteiger partial charge in [0.15, 0.2) is 0 Å². The highest BCUT2D eigenvalue weighted by molar-refractivity contribution is 7.21. The van der Waals surface area contributed by atoms with Gasteiger partial charge < -0.3 is 9.80 Å². The van der Waals surface area contributed by atoms with Gasteiger partial charge >= 0.3 is 0 Å². The van der Waals surface area contributed by atoms with Gasteiger partial charge in [0.05, 0.1) is 5.02 Å². The van der Waals surface area contributed by atoms with Crippen molar-refractivity contribution in [2.75, 3.05) is 26.2 Å². The van der Waals surface area contributed by atoms with Gasteiger partial charge in [0.1, 0.15) is 10.6 Å². The molecule has 140 valence electrons. The molecule has 0 radical (unpaired) electrons. The molecular weight excluding hydrogens is 407 g/mol. The van der Waals surface area contributed by atoms with Gasteiger partial charge in [0.25, 0.3) is 11.8 Å². The van der Waals surface area contributed by atoms with E-state index in [4.69, 9.17) is 23.2 Å². The topological polar surface area (TPSA) is 58.4 Å². The molecule has 2 aromatic heterocycles. The van der Waals surface area contributed by atoms with Crippen LogP contribution in [0.25, 0.3) is 10.1 Å². The van der Waals surface area contributed by atoms with E-state index in [1.54, 1.807) is 39.9 Å². The lowest BCUT2D eigenvalue weighted by molar-refractivity contribution is 0.0532. The van der Waals surface area contributed by atoms with Crippen molar-refractivity contribution in [1.82, 2.24) is 19.6 Å². The molecule has 3 aromatic rings. The van der Waals surface area contributed by atoms with Crippen molar-refractivity contribution in [2.24, 2.45) is 7.05 Å². The van der Waals surface area contributed by atoms with Crippen molar-refractivity contribution in [3.8, 4) is 0 Å². The van der Waals surface area contributed by atoms with E-state index in [-0.39, 0.29) is 11.8 Å². The van der Waals surface area contributed by atoms with Crippen LogP contribution in [0.2, 0.25) is 10.0 Å². The predicted molar refractivity (Wildman–Crippen MR) is 107 cm³/mol. The molecule has 2 amide bonds. The third-order valence-electron chi connectivity index (χ3n) is 4.68. The first-order valence-electron chi connectivity index (χ1n) is 8.40. The van der Waals surface area contributed by atoms with E-state index in [1.807, 2.05) is 12.1 Å². The number of piperazine rings is 1. The monoisotopic (exact) mass is 422 g/mol. The second-order valence-corrected chi connectivity index (χ2v) is 8.18. The number of aromatic nitrogens is 2. The van der Waals surface area contributed by atoms with Crippen LogP contribution in [0.1, 0.15) is 20.2 Å². The summed E-state index contributed by atoms with van der Waals surface area (Å²) in [5, 5.41) is 5.94. The average Bonchev–Trinajstić information content (AvgIpc) is 3.24. The minimum atomic E-state index is -0.107. The van der Waals surface area contributed by atoms with E-state index < -0.39 is 0 Å².